The summed E-state index contributed by atoms with van der Waals surface area (Å²) in [5, 5.41) is 6.56. The van der Waals surface area contributed by atoms with Gasteiger partial charge in [0.2, 0.25) is 0 Å². The molecule has 1 fully saturated rings. The SMILES string of the molecule is CC(C)(C)OC(=O)NC1CCC(Nc2cc(Br)ccc2Br)CC1. The van der Waals surface area contributed by atoms with Gasteiger partial charge in [0, 0.05) is 26.7 Å². The van der Waals surface area contributed by atoms with E-state index >= 15 is 0 Å². The van der Waals surface area contributed by atoms with Gasteiger partial charge >= 0.3 is 6.09 Å². The molecule has 1 aliphatic rings. The van der Waals surface area contributed by atoms with E-state index in [9.17, 15) is 4.79 Å². The van der Waals surface area contributed by atoms with E-state index in [1.54, 1.807) is 0 Å². The summed E-state index contributed by atoms with van der Waals surface area (Å²) in [6.45, 7) is 5.63. The molecule has 128 valence electrons. The van der Waals surface area contributed by atoms with Crippen molar-refractivity contribution >= 4 is 43.6 Å². The van der Waals surface area contributed by atoms with Crippen LogP contribution in [0.1, 0.15) is 46.5 Å². The van der Waals surface area contributed by atoms with E-state index in [1.165, 1.54) is 0 Å². The molecule has 0 aliphatic heterocycles. The summed E-state index contributed by atoms with van der Waals surface area (Å²) >= 11 is 7.07. The number of benzene rings is 1. The third-order valence-electron chi connectivity index (χ3n) is 3.74. The molecule has 1 amide bonds. The standard InChI is InChI=1S/C17H24Br2N2O2/c1-17(2,3)23-16(22)21-13-7-5-12(6-8-13)20-15-10-11(18)4-9-14(15)19/h4,9-10,12-13,20H,5-8H2,1-3H3,(H,21,22). The van der Waals surface area contributed by atoms with Crippen molar-refractivity contribution in [3.05, 3.63) is 27.1 Å². The van der Waals surface area contributed by atoms with Gasteiger partial charge < -0.3 is 15.4 Å². The largest absolute Gasteiger partial charge is 0.444 e. The van der Waals surface area contributed by atoms with Gasteiger partial charge in [-0.1, -0.05) is 15.9 Å². The van der Waals surface area contributed by atoms with E-state index in [0.29, 0.717) is 6.04 Å². The smallest absolute Gasteiger partial charge is 0.407 e. The van der Waals surface area contributed by atoms with E-state index in [2.05, 4.69) is 48.6 Å². The minimum atomic E-state index is -0.449. The van der Waals surface area contributed by atoms with Gasteiger partial charge in [0.25, 0.3) is 0 Å². The third kappa shape index (κ3) is 6.34. The van der Waals surface area contributed by atoms with Crippen molar-refractivity contribution in [1.29, 1.82) is 0 Å². The zero-order valence-corrected chi connectivity index (χ0v) is 17.0. The van der Waals surface area contributed by atoms with Crippen LogP contribution in [0, 0.1) is 0 Å². The summed E-state index contributed by atoms with van der Waals surface area (Å²) in [5.41, 5.74) is 0.651. The molecule has 2 N–H and O–H groups in total. The lowest BCUT2D eigenvalue weighted by atomic mass is 9.91. The predicted octanol–water partition coefficient (Wildman–Crippen LogP) is 5.46. The Bertz CT molecular complexity index is 550. The first-order valence-corrected chi connectivity index (χ1v) is 9.52. The van der Waals surface area contributed by atoms with Crippen molar-refractivity contribution in [2.45, 2.75) is 64.1 Å². The van der Waals surface area contributed by atoms with Gasteiger partial charge in [0.1, 0.15) is 5.60 Å². The topological polar surface area (TPSA) is 50.4 Å². The fraction of sp³-hybridized carbons (Fsp3) is 0.588. The molecule has 2 rings (SSSR count). The Balaban J connectivity index is 1.80. The first kappa shape index (κ1) is 18.6. The first-order chi connectivity index (χ1) is 10.7. The molecule has 1 aromatic rings. The Hall–Kier alpha value is -0.750. The molecule has 1 aromatic carbocycles. The van der Waals surface area contributed by atoms with Crippen molar-refractivity contribution in [3.8, 4) is 0 Å². The van der Waals surface area contributed by atoms with Crippen LogP contribution in [0.3, 0.4) is 0 Å². The molecule has 0 aromatic heterocycles. The maximum absolute atomic E-state index is 11.8. The second-order valence-corrected chi connectivity index (χ2v) is 8.73. The molecule has 4 nitrogen and oxygen atoms in total. The summed E-state index contributed by atoms with van der Waals surface area (Å²) in [6, 6.07) is 6.75. The average Bonchev–Trinajstić information content (AvgIpc) is 2.43. The Morgan fingerprint density at radius 3 is 2.35 bits per heavy atom. The van der Waals surface area contributed by atoms with Gasteiger partial charge in [-0.15, -0.1) is 0 Å². The molecule has 0 bridgehead atoms. The van der Waals surface area contributed by atoms with Crippen molar-refractivity contribution in [1.82, 2.24) is 5.32 Å². The molecule has 1 aliphatic carbocycles. The highest BCUT2D eigenvalue weighted by atomic mass is 79.9. The fourth-order valence-electron chi connectivity index (χ4n) is 2.68. The van der Waals surface area contributed by atoms with Crippen molar-refractivity contribution in [2.24, 2.45) is 0 Å². The maximum Gasteiger partial charge on any atom is 0.407 e. The van der Waals surface area contributed by atoms with Gasteiger partial charge in [0.15, 0.2) is 0 Å². The van der Waals surface area contributed by atoms with Crippen molar-refractivity contribution in [2.75, 3.05) is 5.32 Å². The van der Waals surface area contributed by atoms with Crippen LogP contribution in [0.15, 0.2) is 27.1 Å². The highest BCUT2D eigenvalue weighted by molar-refractivity contribution is 9.11. The minimum absolute atomic E-state index is 0.203. The molecule has 0 spiro atoms. The molecule has 1 saturated carbocycles. The molecule has 23 heavy (non-hydrogen) atoms. The highest BCUT2D eigenvalue weighted by Gasteiger charge is 2.25. The second-order valence-electron chi connectivity index (χ2n) is 6.96. The first-order valence-electron chi connectivity index (χ1n) is 7.94. The molecule has 0 heterocycles. The number of hydrogen-bond donors (Lipinski definition) is 2. The normalized spacial score (nSPS) is 21.6. The fourth-order valence-corrected chi connectivity index (χ4v) is 3.41. The van der Waals surface area contributed by atoms with Crippen LogP contribution in [0.5, 0.6) is 0 Å². The van der Waals surface area contributed by atoms with Crippen LogP contribution in [-0.4, -0.2) is 23.8 Å². The lowest BCUT2D eigenvalue weighted by Crippen LogP contribution is -2.42. The van der Waals surface area contributed by atoms with E-state index in [-0.39, 0.29) is 12.1 Å². The minimum Gasteiger partial charge on any atom is -0.444 e. The summed E-state index contributed by atoms with van der Waals surface area (Å²) in [6.07, 6.45) is 3.66. The van der Waals surface area contributed by atoms with Crippen LogP contribution < -0.4 is 10.6 Å². The number of alkyl carbamates (subject to hydrolysis) is 1. The Morgan fingerprint density at radius 2 is 1.74 bits per heavy atom. The van der Waals surface area contributed by atoms with Crippen LogP contribution >= 0.6 is 31.9 Å². The van der Waals surface area contributed by atoms with Crippen molar-refractivity contribution in [3.63, 3.8) is 0 Å². The van der Waals surface area contributed by atoms with E-state index in [1.807, 2.05) is 32.9 Å². The van der Waals surface area contributed by atoms with Gasteiger partial charge in [-0.25, -0.2) is 4.79 Å². The number of nitrogens with one attached hydrogen (secondary N) is 2. The number of anilines is 1. The van der Waals surface area contributed by atoms with E-state index < -0.39 is 5.60 Å². The monoisotopic (exact) mass is 446 g/mol. The van der Waals surface area contributed by atoms with Crippen LogP contribution in [0.25, 0.3) is 0 Å². The van der Waals surface area contributed by atoms with Crippen LogP contribution in [0.4, 0.5) is 10.5 Å². The average molecular weight is 448 g/mol. The molecule has 0 unspecified atom stereocenters. The second kappa shape index (κ2) is 7.88. The number of carbonyl (C=O) groups excluding carboxylic acids is 1. The lowest BCUT2D eigenvalue weighted by molar-refractivity contribution is 0.0492. The number of amides is 1. The third-order valence-corrected chi connectivity index (χ3v) is 4.92. The summed E-state index contributed by atoms with van der Waals surface area (Å²) in [4.78, 5) is 11.8. The zero-order valence-electron chi connectivity index (χ0n) is 13.8. The van der Waals surface area contributed by atoms with Gasteiger partial charge in [-0.05, 0) is 80.6 Å². The maximum atomic E-state index is 11.8. The quantitative estimate of drug-likeness (QED) is 0.646. The molecule has 0 saturated heterocycles. The van der Waals surface area contributed by atoms with Gasteiger partial charge in [0.05, 0.1) is 0 Å². The Morgan fingerprint density at radius 1 is 1.13 bits per heavy atom. The van der Waals surface area contributed by atoms with E-state index in [0.717, 1.165) is 40.3 Å². The Kier molecular flexibility index (Phi) is 6.37. The number of carbonyl (C=O) groups is 1. The zero-order chi connectivity index (χ0) is 17.0. The van der Waals surface area contributed by atoms with Gasteiger partial charge in [-0.2, -0.15) is 0 Å². The van der Waals surface area contributed by atoms with Crippen LogP contribution in [-0.2, 0) is 4.74 Å². The Labute approximate surface area is 155 Å². The van der Waals surface area contributed by atoms with E-state index in [4.69, 9.17) is 4.74 Å². The predicted molar refractivity (Wildman–Crippen MR) is 101 cm³/mol. The number of halogens is 2. The molecule has 0 radical (unpaired) electrons. The van der Waals surface area contributed by atoms with Crippen LogP contribution in [0.2, 0.25) is 0 Å². The van der Waals surface area contributed by atoms with Crippen molar-refractivity contribution < 1.29 is 9.53 Å². The molecular formula is C17H24Br2N2O2. The van der Waals surface area contributed by atoms with Gasteiger partial charge in [-0.3, -0.25) is 0 Å². The molecular weight excluding hydrogens is 424 g/mol. The number of rotatable bonds is 3. The summed E-state index contributed by atoms with van der Waals surface area (Å²) in [5.74, 6) is 0. The summed E-state index contributed by atoms with van der Waals surface area (Å²) in [7, 11) is 0. The molecule has 6 heteroatoms. The number of hydrogen-bond acceptors (Lipinski definition) is 3. The summed E-state index contributed by atoms with van der Waals surface area (Å²) < 4.78 is 7.44. The highest BCUT2D eigenvalue weighted by Crippen LogP contribution is 2.29. The molecule has 0 atom stereocenters. The lowest BCUT2D eigenvalue weighted by Gasteiger charge is -2.31. The number of ether oxygens (including phenoxy) is 1.